The molecule has 1 N–H and O–H groups in total. The number of pyridine rings is 1. The van der Waals surface area contributed by atoms with E-state index in [0.29, 0.717) is 0 Å². The van der Waals surface area contributed by atoms with Gasteiger partial charge in [0.1, 0.15) is 0 Å². The number of hydrogen-bond acceptors (Lipinski definition) is 4. The van der Waals surface area contributed by atoms with Gasteiger partial charge in [-0.05, 0) is 30.8 Å². The first-order chi connectivity index (χ1) is 9.19. The first kappa shape index (κ1) is 14.3. The summed E-state index contributed by atoms with van der Waals surface area (Å²) in [6.07, 6.45) is 1.86. The molecule has 0 atom stereocenters. The number of halogens is 1. The summed E-state index contributed by atoms with van der Waals surface area (Å²) in [4.78, 5) is 7.83. The van der Waals surface area contributed by atoms with Crippen LogP contribution in [0, 0.1) is 0 Å². The van der Waals surface area contributed by atoms with Crippen molar-refractivity contribution in [2.75, 3.05) is 18.5 Å². The average molecular weight is 296 g/mol. The summed E-state index contributed by atoms with van der Waals surface area (Å²) in [5.41, 5.74) is 2.24. The minimum atomic E-state index is 0.809. The molecule has 0 aliphatic heterocycles. The van der Waals surface area contributed by atoms with Gasteiger partial charge in [0.15, 0.2) is 0 Å². The summed E-state index contributed by atoms with van der Waals surface area (Å²) >= 11 is 7.58. The van der Waals surface area contributed by atoms with Crippen molar-refractivity contribution in [3.05, 3.63) is 45.4 Å². The number of thiophene rings is 1. The van der Waals surface area contributed by atoms with Crippen LogP contribution < -0.4 is 10.2 Å². The zero-order valence-electron chi connectivity index (χ0n) is 11.2. The van der Waals surface area contributed by atoms with Gasteiger partial charge in [-0.25, -0.2) is 0 Å². The lowest BCUT2D eigenvalue weighted by molar-refractivity contribution is 0.710. The fourth-order valence-electron chi connectivity index (χ4n) is 1.81. The van der Waals surface area contributed by atoms with Crippen LogP contribution >= 0.6 is 22.9 Å². The van der Waals surface area contributed by atoms with Gasteiger partial charge in [0.25, 0.3) is 0 Å². The molecule has 0 amide bonds. The number of nitrogens with zero attached hydrogens (tertiary/aromatic N) is 2. The van der Waals surface area contributed by atoms with Crippen LogP contribution in [0.1, 0.15) is 17.5 Å². The molecule has 0 aromatic carbocycles. The molecular formula is C14H18ClN3S. The molecule has 2 aromatic heterocycles. The van der Waals surface area contributed by atoms with Crippen LogP contribution in [-0.2, 0) is 13.1 Å². The maximum atomic E-state index is 5.95. The number of nitrogens with one attached hydrogen (secondary N) is 1. The molecule has 0 aliphatic carbocycles. The van der Waals surface area contributed by atoms with Gasteiger partial charge in [-0.1, -0.05) is 18.5 Å². The lowest BCUT2D eigenvalue weighted by Gasteiger charge is -2.19. The van der Waals surface area contributed by atoms with Crippen molar-refractivity contribution in [3.8, 4) is 0 Å². The van der Waals surface area contributed by atoms with Crippen LogP contribution in [0.4, 0.5) is 5.69 Å². The minimum Gasteiger partial charge on any atom is -0.369 e. The van der Waals surface area contributed by atoms with E-state index in [4.69, 9.17) is 11.6 Å². The third-order valence-corrected chi connectivity index (χ3v) is 4.03. The van der Waals surface area contributed by atoms with E-state index in [1.807, 2.05) is 18.3 Å². The Balaban J connectivity index is 2.03. The predicted molar refractivity (Wildman–Crippen MR) is 83.1 cm³/mol. The maximum Gasteiger partial charge on any atom is 0.0931 e. The summed E-state index contributed by atoms with van der Waals surface area (Å²) < 4.78 is 0.839. The van der Waals surface area contributed by atoms with Crippen molar-refractivity contribution in [2.24, 2.45) is 0 Å². The van der Waals surface area contributed by atoms with E-state index in [9.17, 15) is 0 Å². The molecule has 0 spiro atoms. The topological polar surface area (TPSA) is 28.2 Å². The Labute approximate surface area is 123 Å². The summed E-state index contributed by atoms with van der Waals surface area (Å²) in [6.45, 7) is 4.72. The van der Waals surface area contributed by atoms with E-state index in [1.165, 1.54) is 10.6 Å². The number of rotatable bonds is 6. The number of hydrogen-bond donors (Lipinski definition) is 1. The number of aromatic nitrogens is 1. The van der Waals surface area contributed by atoms with Crippen LogP contribution in [0.5, 0.6) is 0 Å². The lowest BCUT2D eigenvalue weighted by Crippen LogP contribution is -2.17. The van der Waals surface area contributed by atoms with E-state index in [2.05, 4.69) is 41.3 Å². The quantitative estimate of drug-likeness (QED) is 0.883. The van der Waals surface area contributed by atoms with Gasteiger partial charge in [-0.15, -0.1) is 11.3 Å². The van der Waals surface area contributed by atoms with Crippen molar-refractivity contribution >= 4 is 28.6 Å². The summed E-state index contributed by atoms with van der Waals surface area (Å²) in [6, 6.07) is 8.17. The van der Waals surface area contributed by atoms with Gasteiger partial charge in [-0.3, -0.25) is 4.98 Å². The van der Waals surface area contributed by atoms with Crippen LogP contribution in [0.15, 0.2) is 30.5 Å². The van der Waals surface area contributed by atoms with Crippen molar-refractivity contribution in [2.45, 2.75) is 20.0 Å². The van der Waals surface area contributed by atoms with Crippen LogP contribution in [0.25, 0.3) is 0 Å². The maximum absolute atomic E-state index is 5.95. The Kier molecular flexibility index (Phi) is 5.19. The van der Waals surface area contributed by atoms with Gasteiger partial charge in [0, 0.05) is 30.4 Å². The first-order valence-corrected chi connectivity index (χ1v) is 7.49. The Hall–Kier alpha value is -1.10. The largest absolute Gasteiger partial charge is 0.369 e. The van der Waals surface area contributed by atoms with Gasteiger partial charge in [0.2, 0.25) is 0 Å². The van der Waals surface area contributed by atoms with Crippen LogP contribution in [0.3, 0.4) is 0 Å². The van der Waals surface area contributed by atoms with Gasteiger partial charge in [0.05, 0.1) is 16.6 Å². The zero-order valence-corrected chi connectivity index (χ0v) is 12.8. The summed E-state index contributed by atoms with van der Waals surface area (Å²) in [5, 5.41) is 3.29. The van der Waals surface area contributed by atoms with Crippen LogP contribution in [-0.4, -0.2) is 18.6 Å². The second kappa shape index (κ2) is 6.89. The summed E-state index contributed by atoms with van der Waals surface area (Å²) in [5.74, 6) is 0. The molecular weight excluding hydrogens is 278 g/mol. The van der Waals surface area contributed by atoms with Crippen LogP contribution in [0.2, 0.25) is 4.34 Å². The molecule has 0 saturated carbocycles. The molecule has 0 fully saturated rings. The fourth-order valence-corrected chi connectivity index (χ4v) is 2.96. The van der Waals surface area contributed by atoms with E-state index in [1.54, 1.807) is 11.3 Å². The molecule has 2 aromatic rings. The highest BCUT2D eigenvalue weighted by Crippen LogP contribution is 2.24. The first-order valence-electron chi connectivity index (χ1n) is 6.30. The van der Waals surface area contributed by atoms with E-state index < -0.39 is 0 Å². The molecule has 0 unspecified atom stereocenters. The van der Waals surface area contributed by atoms with Gasteiger partial charge < -0.3 is 10.2 Å². The van der Waals surface area contributed by atoms with Crippen molar-refractivity contribution in [3.63, 3.8) is 0 Å². The molecule has 0 aliphatic rings. The second-order valence-electron chi connectivity index (χ2n) is 4.35. The van der Waals surface area contributed by atoms with Gasteiger partial charge >= 0.3 is 0 Å². The second-order valence-corrected chi connectivity index (χ2v) is 6.15. The molecule has 2 heterocycles. The van der Waals surface area contributed by atoms with Gasteiger partial charge in [-0.2, -0.15) is 0 Å². The Morgan fingerprint density at radius 2 is 2.21 bits per heavy atom. The third kappa shape index (κ3) is 4.20. The molecule has 5 heteroatoms. The highest BCUT2D eigenvalue weighted by molar-refractivity contribution is 7.16. The third-order valence-electron chi connectivity index (χ3n) is 2.82. The lowest BCUT2D eigenvalue weighted by atomic mass is 10.3. The van der Waals surface area contributed by atoms with E-state index >= 15 is 0 Å². The Morgan fingerprint density at radius 3 is 2.89 bits per heavy atom. The van der Waals surface area contributed by atoms with E-state index in [0.717, 1.165) is 29.7 Å². The molecule has 0 saturated heterocycles. The SMILES string of the molecule is CCNCc1cc(N(C)Cc2ccc(Cl)s2)ccn1. The van der Waals surface area contributed by atoms with Crippen molar-refractivity contribution in [1.29, 1.82) is 0 Å². The van der Waals surface area contributed by atoms with E-state index in [-0.39, 0.29) is 0 Å². The zero-order chi connectivity index (χ0) is 13.7. The molecule has 2 rings (SSSR count). The normalized spacial score (nSPS) is 10.7. The minimum absolute atomic E-state index is 0.809. The van der Waals surface area contributed by atoms with Crippen molar-refractivity contribution in [1.82, 2.24) is 10.3 Å². The highest BCUT2D eigenvalue weighted by atomic mass is 35.5. The summed E-state index contributed by atoms with van der Waals surface area (Å²) in [7, 11) is 2.08. The van der Waals surface area contributed by atoms with Crippen molar-refractivity contribution < 1.29 is 0 Å². The predicted octanol–water partition coefficient (Wildman–Crippen LogP) is 3.54. The average Bonchev–Trinajstić information content (AvgIpc) is 2.82. The molecule has 0 bridgehead atoms. The number of anilines is 1. The Bertz CT molecular complexity index is 527. The molecule has 3 nitrogen and oxygen atoms in total. The highest BCUT2D eigenvalue weighted by Gasteiger charge is 2.05. The molecule has 102 valence electrons. The smallest absolute Gasteiger partial charge is 0.0931 e. The standard InChI is InChI=1S/C14H18ClN3S/c1-3-16-9-11-8-12(6-7-17-11)18(2)10-13-4-5-14(15)19-13/h4-8,16H,3,9-10H2,1-2H3. The molecule has 0 radical (unpaired) electrons. The Morgan fingerprint density at radius 1 is 1.37 bits per heavy atom. The monoisotopic (exact) mass is 295 g/mol. The molecule has 19 heavy (non-hydrogen) atoms. The fraction of sp³-hybridized carbons (Fsp3) is 0.357.